The first-order valence-corrected chi connectivity index (χ1v) is 10.7. The van der Waals surface area contributed by atoms with Gasteiger partial charge in [-0.05, 0) is 37.1 Å². The van der Waals surface area contributed by atoms with Crippen LogP contribution < -0.4 is 15.1 Å². The molecular weight excluding hydrogens is 388 g/mol. The Balaban J connectivity index is 1.49. The molecule has 1 aromatic carbocycles. The van der Waals surface area contributed by atoms with Gasteiger partial charge in [0.15, 0.2) is 0 Å². The Morgan fingerprint density at radius 1 is 0.966 bits per heavy atom. The maximum atomic E-state index is 12.9. The highest BCUT2D eigenvalue weighted by molar-refractivity contribution is 6.34. The van der Waals surface area contributed by atoms with Crippen LogP contribution in [0.1, 0.15) is 36.0 Å². The van der Waals surface area contributed by atoms with Gasteiger partial charge in [0.1, 0.15) is 5.82 Å². The van der Waals surface area contributed by atoms with Crippen molar-refractivity contribution in [2.45, 2.75) is 25.7 Å². The number of carbonyl (C=O) groups excluding carboxylic acids is 1. The van der Waals surface area contributed by atoms with Crippen molar-refractivity contribution in [2.24, 2.45) is 0 Å². The summed E-state index contributed by atoms with van der Waals surface area (Å²) in [6.45, 7) is 4.87. The van der Waals surface area contributed by atoms with Gasteiger partial charge in [0, 0.05) is 32.4 Å². The van der Waals surface area contributed by atoms with E-state index in [0.717, 1.165) is 37.7 Å². The van der Waals surface area contributed by atoms with E-state index < -0.39 is 0 Å². The molecule has 0 unspecified atom stereocenters. The molecule has 29 heavy (non-hydrogen) atoms. The number of nitrogens with zero attached hydrogens (tertiary/aromatic N) is 3. The quantitative estimate of drug-likeness (QED) is 0.812. The molecule has 1 N–H and O–H groups in total. The smallest absolute Gasteiger partial charge is 0.257 e. The fourth-order valence-corrected chi connectivity index (χ4v) is 4.22. The van der Waals surface area contributed by atoms with Crippen molar-refractivity contribution in [1.29, 1.82) is 0 Å². The van der Waals surface area contributed by atoms with Crippen molar-refractivity contribution in [3.63, 3.8) is 0 Å². The molecule has 0 bridgehead atoms. The third-order valence-electron chi connectivity index (χ3n) is 5.50. The number of aromatic nitrogens is 1. The minimum absolute atomic E-state index is 0.184. The van der Waals surface area contributed by atoms with Crippen molar-refractivity contribution < 1.29 is 9.53 Å². The van der Waals surface area contributed by atoms with Crippen LogP contribution in [0.5, 0.6) is 0 Å². The maximum absolute atomic E-state index is 12.9. The van der Waals surface area contributed by atoms with Crippen molar-refractivity contribution >= 4 is 34.7 Å². The standard InChI is InChI=1S/C22H27ClN4O2/c23-18-6-5-7-19(21(18)27-12-14-29-15-13-27)25-22(28)17-8-9-20(24-16-17)26-10-3-1-2-4-11-26/h5-9,16H,1-4,10-15H2,(H,25,28). The van der Waals surface area contributed by atoms with E-state index in [1.807, 2.05) is 30.3 Å². The van der Waals surface area contributed by atoms with Gasteiger partial charge in [0.25, 0.3) is 5.91 Å². The monoisotopic (exact) mass is 414 g/mol. The van der Waals surface area contributed by atoms with E-state index in [2.05, 4.69) is 20.1 Å². The van der Waals surface area contributed by atoms with Crippen molar-refractivity contribution in [1.82, 2.24) is 4.98 Å². The number of benzene rings is 1. The first-order valence-electron chi connectivity index (χ1n) is 10.4. The highest BCUT2D eigenvalue weighted by Gasteiger charge is 2.20. The van der Waals surface area contributed by atoms with Gasteiger partial charge in [0.2, 0.25) is 0 Å². The summed E-state index contributed by atoms with van der Waals surface area (Å²) in [4.78, 5) is 21.9. The predicted molar refractivity (Wildman–Crippen MR) is 117 cm³/mol. The lowest BCUT2D eigenvalue weighted by Crippen LogP contribution is -2.37. The molecule has 0 saturated carbocycles. The number of halogens is 1. The summed E-state index contributed by atoms with van der Waals surface area (Å²) in [5.41, 5.74) is 2.09. The van der Waals surface area contributed by atoms with Crippen LogP contribution in [-0.4, -0.2) is 50.3 Å². The number of nitrogens with one attached hydrogen (secondary N) is 1. The minimum atomic E-state index is -0.184. The van der Waals surface area contributed by atoms with Crippen LogP contribution >= 0.6 is 11.6 Å². The van der Waals surface area contributed by atoms with Crippen LogP contribution in [0.3, 0.4) is 0 Å². The maximum Gasteiger partial charge on any atom is 0.257 e. The Labute approximate surface area is 176 Å². The second kappa shape index (κ2) is 9.46. The van der Waals surface area contributed by atoms with Gasteiger partial charge in [-0.25, -0.2) is 4.98 Å². The minimum Gasteiger partial charge on any atom is -0.378 e. The van der Waals surface area contributed by atoms with Crippen LogP contribution in [-0.2, 0) is 4.74 Å². The number of morpholine rings is 1. The fourth-order valence-electron chi connectivity index (χ4n) is 3.93. The second-order valence-electron chi connectivity index (χ2n) is 7.50. The van der Waals surface area contributed by atoms with E-state index in [9.17, 15) is 4.79 Å². The molecule has 2 aliphatic heterocycles. The number of hydrogen-bond donors (Lipinski definition) is 1. The molecule has 6 nitrogen and oxygen atoms in total. The van der Waals surface area contributed by atoms with Gasteiger partial charge >= 0.3 is 0 Å². The number of carbonyl (C=O) groups is 1. The van der Waals surface area contributed by atoms with Crippen LogP contribution in [0.25, 0.3) is 0 Å². The fraction of sp³-hybridized carbons (Fsp3) is 0.455. The van der Waals surface area contributed by atoms with Crippen LogP contribution in [0.4, 0.5) is 17.2 Å². The van der Waals surface area contributed by atoms with Crippen LogP contribution in [0, 0.1) is 0 Å². The lowest BCUT2D eigenvalue weighted by atomic mass is 10.2. The summed E-state index contributed by atoms with van der Waals surface area (Å²) >= 11 is 6.46. The van der Waals surface area contributed by atoms with Gasteiger partial charge in [-0.15, -0.1) is 0 Å². The first-order chi connectivity index (χ1) is 14.2. The molecule has 7 heteroatoms. The molecule has 2 fully saturated rings. The lowest BCUT2D eigenvalue weighted by Gasteiger charge is -2.31. The van der Waals surface area contributed by atoms with Crippen molar-refractivity contribution in [2.75, 3.05) is 54.5 Å². The SMILES string of the molecule is O=C(Nc1cccc(Cl)c1N1CCOCC1)c1ccc(N2CCCCCC2)nc1. The van der Waals surface area contributed by atoms with Gasteiger partial charge < -0.3 is 19.9 Å². The molecule has 2 aromatic rings. The Morgan fingerprint density at radius 3 is 2.41 bits per heavy atom. The van der Waals surface area contributed by atoms with E-state index in [0.29, 0.717) is 29.5 Å². The number of rotatable bonds is 4. The molecule has 1 aromatic heterocycles. The van der Waals surface area contributed by atoms with Gasteiger partial charge in [-0.1, -0.05) is 30.5 Å². The van der Waals surface area contributed by atoms with E-state index in [-0.39, 0.29) is 5.91 Å². The average Bonchev–Trinajstić information content (AvgIpc) is 3.04. The average molecular weight is 415 g/mol. The first kappa shape index (κ1) is 20.0. The van der Waals surface area contributed by atoms with E-state index >= 15 is 0 Å². The molecule has 3 heterocycles. The molecule has 1 amide bonds. The van der Waals surface area contributed by atoms with Crippen molar-refractivity contribution in [3.8, 4) is 0 Å². The number of para-hydroxylation sites is 1. The third-order valence-corrected chi connectivity index (χ3v) is 5.81. The third kappa shape index (κ3) is 4.82. The number of hydrogen-bond acceptors (Lipinski definition) is 5. The van der Waals surface area contributed by atoms with Gasteiger partial charge in [-0.2, -0.15) is 0 Å². The Morgan fingerprint density at radius 2 is 1.72 bits per heavy atom. The van der Waals surface area contributed by atoms with E-state index in [4.69, 9.17) is 16.3 Å². The molecule has 0 radical (unpaired) electrons. The number of amides is 1. The van der Waals surface area contributed by atoms with Gasteiger partial charge in [0.05, 0.1) is 35.2 Å². The van der Waals surface area contributed by atoms with Crippen LogP contribution in [0.2, 0.25) is 5.02 Å². The highest BCUT2D eigenvalue weighted by Crippen LogP contribution is 2.34. The second-order valence-corrected chi connectivity index (χ2v) is 7.90. The van der Waals surface area contributed by atoms with Crippen molar-refractivity contribution in [3.05, 3.63) is 47.1 Å². The zero-order chi connectivity index (χ0) is 20.1. The van der Waals surface area contributed by atoms with E-state index in [1.54, 1.807) is 6.20 Å². The molecule has 0 spiro atoms. The van der Waals surface area contributed by atoms with Crippen LogP contribution in [0.15, 0.2) is 36.5 Å². The molecular formula is C22H27ClN4O2. The Hall–Kier alpha value is -2.31. The predicted octanol–water partition coefficient (Wildman–Crippen LogP) is 4.20. The highest BCUT2D eigenvalue weighted by atomic mass is 35.5. The van der Waals surface area contributed by atoms with E-state index in [1.165, 1.54) is 25.7 Å². The Bertz CT molecular complexity index is 829. The molecule has 0 atom stereocenters. The zero-order valence-corrected chi connectivity index (χ0v) is 17.3. The van der Waals surface area contributed by atoms with Gasteiger partial charge in [-0.3, -0.25) is 4.79 Å². The number of anilines is 3. The number of ether oxygens (including phenoxy) is 1. The molecule has 4 rings (SSSR count). The summed E-state index contributed by atoms with van der Waals surface area (Å²) in [6, 6.07) is 9.37. The summed E-state index contributed by atoms with van der Waals surface area (Å²) in [5.74, 6) is 0.761. The summed E-state index contributed by atoms with van der Waals surface area (Å²) in [5, 5.41) is 3.64. The summed E-state index contributed by atoms with van der Waals surface area (Å²) in [6.07, 6.45) is 6.62. The molecule has 0 aliphatic carbocycles. The molecule has 2 aliphatic rings. The zero-order valence-electron chi connectivity index (χ0n) is 16.6. The number of pyridine rings is 1. The Kier molecular flexibility index (Phi) is 6.52. The normalized spacial score (nSPS) is 17.7. The molecule has 2 saturated heterocycles. The topological polar surface area (TPSA) is 57.7 Å². The molecule has 154 valence electrons. The summed E-state index contributed by atoms with van der Waals surface area (Å²) < 4.78 is 5.44. The summed E-state index contributed by atoms with van der Waals surface area (Å²) in [7, 11) is 0. The largest absolute Gasteiger partial charge is 0.378 e. The lowest BCUT2D eigenvalue weighted by molar-refractivity contribution is 0.102.